The molecule has 8 heteroatoms. The average molecular weight is 387 g/mol. The number of ether oxygens (including phenoxy) is 1. The number of benzene rings is 1. The van der Waals surface area contributed by atoms with Crippen LogP contribution in [0.3, 0.4) is 0 Å². The summed E-state index contributed by atoms with van der Waals surface area (Å²) >= 11 is 0. The lowest BCUT2D eigenvalue weighted by molar-refractivity contribution is -0.124. The zero-order valence-electron chi connectivity index (χ0n) is 15.0. The van der Waals surface area contributed by atoms with E-state index < -0.39 is 30.2 Å². The number of carbonyl (C=O) groups excluding carboxylic acids is 2. The third kappa shape index (κ3) is 4.33. The van der Waals surface area contributed by atoms with Gasteiger partial charge in [-0.25, -0.2) is 13.8 Å². The molecule has 2 heterocycles. The van der Waals surface area contributed by atoms with Crippen LogP contribution in [0.25, 0.3) is 0 Å². The maximum Gasteiger partial charge on any atom is 0.271 e. The van der Waals surface area contributed by atoms with Crippen molar-refractivity contribution in [1.29, 1.82) is 0 Å². The van der Waals surface area contributed by atoms with E-state index in [0.29, 0.717) is 5.75 Å². The Morgan fingerprint density at radius 2 is 2.00 bits per heavy atom. The number of carbonyl (C=O) groups is 2. The summed E-state index contributed by atoms with van der Waals surface area (Å²) in [5.74, 6) is -3.74. The van der Waals surface area contributed by atoms with E-state index >= 15 is 0 Å². The molecule has 1 aliphatic heterocycles. The van der Waals surface area contributed by atoms with Gasteiger partial charge in [0.1, 0.15) is 17.4 Å². The molecule has 28 heavy (non-hydrogen) atoms. The van der Waals surface area contributed by atoms with E-state index in [1.165, 1.54) is 17.2 Å². The minimum Gasteiger partial charge on any atom is -0.438 e. The molecule has 1 fully saturated rings. The number of likely N-dealkylation sites (tertiary alicyclic amines) is 1. The smallest absolute Gasteiger partial charge is 0.271 e. The molecule has 1 N–H and O–H groups in total. The van der Waals surface area contributed by atoms with Gasteiger partial charge in [-0.3, -0.25) is 9.59 Å². The monoisotopic (exact) mass is 387 g/mol. The molecule has 6 nitrogen and oxygen atoms in total. The van der Waals surface area contributed by atoms with Crippen LogP contribution in [0.4, 0.5) is 8.78 Å². The highest BCUT2D eigenvalue weighted by Gasteiger charge is 2.46. The number of amides is 2. The highest BCUT2D eigenvalue weighted by molar-refractivity contribution is 5.96. The third-order valence-electron chi connectivity index (χ3n) is 4.38. The van der Waals surface area contributed by atoms with Crippen molar-refractivity contribution in [3.63, 3.8) is 0 Å². The summed E-state index contributed by atoms with van der Waals surface area (Å²) in [5.41, 5.74) is 0.158. The third-order valence-corrected chi connectivity index (χ3v) is 4.38. The maximum atomic E-state index is 14.1. The van der Waals surface area contributed by atoms with E-state index in [2.05, 4.69) is 16.9 Å². The second kappa shape index (κ2) is 8.16. The molecule has 2 amide bonds. The van der Waals surface area contributed by atoms with Gasteiger partial charge in [0.2, 0.25) is 11.8 Å². The molecular weight excluding hydrogens is 368 g/mol. The van der Waals surface area contributed by atoms with Crippen LogP contribution in [-0.4, -0.2) is 46.8 Å². The van der Waals surface area contributed by atoms with Crippen LogP contribution in [0.15, 0.2) is 61.3 Å². The molecule has 1 aromatic heterocycles. The second-order valence-corrected chi connectivity index (χ2v) is 6.30. The summed E-state index contributed by atoms with van der Waals surface area (Å²) < 4.78 is 34.0. The van der Waals surface area contributed by atoms with E-state index in [0.717, 1.165) is 6.08 Å². The van der Waals surface area contributed by atoms with Crippen molar-refractivity contribution in [2.75, 3.05) is 13.1 Å². The lowest BCUT2D eigenvalue weighted by Crippen LogP contribution is -2.59. The fraction of sp³-hybridized carbons (Fsp3) is 0.250. The van der Waals surface area contributed by atoms with Crippen LogP contribution in [0, 0.1) is 0 Å². The summed E-state index contributed by atoms with van der Waals surface area (Å²) in [5, 5.41) is 2.20. The van der Waals surface area contributed by atoms with E-state index in [1.54, 1.807) is 30.3 Å². The Balaban J connectivity index is 1.80. The molecule has 0 radical (unpaired) electrons. The molecule has 3 rings (SSSR count). The number of para-hydroxylation sites is 1. The van der Waals surface area contributed by atoms with Crippen molar-refractivity contribution in [3.05, 3.63) is 66.9 Å². The first-order valence-corrected chi connectivity index (χ1v) is 8.68. The number of aromatic nitrogens is 1. The van der Waals surface area contributed by atoms with E-state index in [4.69, 9.17) is 4.74 Å². The van der Waals surface area contributed by atoms with Crippen LogP contribution in [-0.2, 0) is 4.79 Å². The zero-order valence-corrected chi connectivity index (χ0v) is 15.0. The lowest BCUT2D eigenvalue weighted by atomic mass is 10.00. The molecule has 1 saturated heterocycles. The van der Waals surface area contributed by atoms with Gasteiger partial charge in [-0.2, -0.15) is 0 Å². The minimum absolute atomic E-state index is 0.0858. The Kier molecular flexibility index (Phi) is 5.67. The summed E-state index contributed by atoms with van der Waals surface area (Å²) in [6.45, 7) is 2.79. The number of halogens is 2. The van der Waals surface area contributed by atoms with E-state index in [-0.39, 0.29) is 24.5 Å². The molecule has 0 spiro atoms. The lowest BCUT2D eigenvalue weighted by Gasteiger charge is -2.38. The first-order valence-electron chi connectivity index (χ1n) is 8.68. The molecule has 2 aromatic rings. The first kappa shape index (κ1) is 19.5. The van der Waals surface area contributed by atoms with Crippen molar-refractivity contribution in [2.45, 2.75) is 18.4 Å². The predicted octanol–water partition coefficient (Wildman–Crippen LogP) is 3.03. The Labute approximate surface area is 160 Å². The summed E-state index contributed by atoms with van der Waals surface area (Å²) in [4.78, 5) is 29.8. The number of pyridine rings is 1. The molecule has 1 atom stereocenters. The Morgan fingerprint density at radius 3 is 2.71 bits per heavy atom. The number of alkyl halides is 2. The van der Waals surface area contributed by atoms with Crippen LogP contribution in [0.2, 0.25) is 0 Å². The summed E-state index contributed by atoms with van der Waals surface area (Å²) in [6, 6.07) is 10.4. The molecule has 1 aromatic carbocycles. The number of rotatable bonds is 5. The van der Waals surface area contributed by atoms with Gasteiger partial charge in [-0.1, -0.05) is 24.8 Å². The Hall–Kier alpha value is -3.29. The topological polar surface area (TPSA) is 71.5 Å². The van der Waals surface area contributed by atoms with Crippen LogP contribution in [0.1, 0.15) is 16.8 Å². The number of nitrogens with zero attached hydrogens (tertiary/aromatic N) is 2. The van der Waals surface area contributed by atoms with Crippen molar-refractivity contribution < 1.29 is 23.1 Å². The normalized spacial score (nSPS) is 18.2. The van der Waals surface area contributed by atoms with Gasteiger partial charge in [-0.05, 0) is 30.3 Å². The van der Waals surface area contributed by atoms with Gasteiger partial charge < -0.3 is 15.0 Å². The number of hydrogen-bond acceptors (Lipinski definition) is 4. The van der Waals surface area contributed by atoms with Gasteiger partial charge in [0, 0.05) is 25.7 Å². The molecule has 0 aliphatic carbocycles. The van der Waals surface area contributed by atoms with Crippen molar-refractivity contribution in [2.24, 2.45) is 0 Å². The minimum atomic E-state index is -3.12. The molecule has 1 aliphatic rings. The van der Waals surface area contributed by atoms with Crippen LogP contribution >= 0.6 is 0 Å². The predicted molar refractivity (Wildman–Crippen MR) is 98.3 cm³/mol. The Bertz CT molecular complexity index is 874. The van der Waals surface area contributed by atoms with E-state index in [1.807, 2.05) is 6.07 Å². The molecule has 0 saturated carbocycles. The largest absolute Gasteiger partial charge is 0.438 e. The summed E-state index contributed by atoms with van der Waals surface area (Å²) in [6.07, 6.45) is 1.84. The first-order chi connectivity index (χ1) is 13.4. The Morgan fingerprint density at radius 1 is 1.25 bits per heavy atom. The van der Waals surface area contributed by atoms with Crippen LogP contribution < -0.4 is 10.1 Å². The maximum absolute atomic E-state index is 14.1. The SMILES string of the molecule is C=CC(=O)NC1CN(C(=O)c2cccnc2Oc2ccccc2)CCC1(F)F. The van der Waals surface area contributed by atoms with Gasteiger partial charge in [0.15, 0.2) is 0 Å². The van der Waals surface area contributed by atoms with E-state index in [9.17, 15) is 18.4 Å². The number of nitrogens with one attached hydrogen (secondary N) is 1. The standard InChI is InChI=1S/C20H19F2N3O3/c1-2-17(26)24-16-13-25(12-10-20(16,21)22)19(27)15-9-6-11-23-18(15)28-14-7-4-3-5-8-14/h2-9,11,16H,1,10,12-13H2,(H,24,26). The number of hydrogen-bond donors (Lipinski definition) is 1. The van der Waals surface area contributed by atoms with Crippen molar-refractivity contribution in [1.82, 2.24) is 15.2 Å². The van der Waals surface area contributed by atoms with Gasteiger partial charge >= 0.3 is 0 Å². The van der Waals surface area contributed by atoms with Gasteiger partial charge in [0.25, 0.3) is 11.8 Å². The fourth-order valence-electron chi connectivity index (χ4n) is 2.88. The number of piperidine rings is 1. The average Bonchev–Trinajstić information content (AvgIpc) is 2.70. The summed E-state index contributed by atoms with van der Waals surface area (Å²) in [7, 11) is 0. The fourth-order valence-corrected chi connectivity index (χ4v) is 2.88. The van der Waals surface area contributed by atoms with Crippen molar-refractivity contribution >= 4 is 11.8 Å². The molecule has 1 unspecified atom stereocenters. The second-order valence-electron chi connectivity index (χ2n) is 6.30. The van der Waals surface area contributed by atoms with Crippen molar-refractivity contribution in [3.8, 4) is 11.6 Å². The molecule has 146 valence electrons. The molecular formula is C20H19F2N3O3. The molecule has 0 bridgehead atoms. The highest BCUT2D eigenvalue weighted by Crippen LogP contribution is 2.31. The van der Waals surface area contributed by atoms with Gasteiger partial charge in [0.05, 0.1) is 0 Å². The van der Waals surface area contributed by atoms with Gasteiger partial charge in [-0.15, -0.1) is 0 Å². The highest BCUT2D eigenvalue weighted by atomic mass is 19.3. The van der Waals surface area contributed by atoms with Crippen LogP contribution in [0.5, 0.6) is 11.6 Å². The zero-order chi connectivity index (χ0) is 20.1. The quantitative estimate of drug-likeness (QED) is 0.801.